The van der Waals surface area contributed by atoms with E-state index >= 15 is 0 Å². The van der Waals surface area contributed by atoms with Gasteiger partial charge in [0.2, 0.25) is 4.77 Å². The summed E-state index contributed by atoms with van der Waals surface area (Å²) in [5, 5.41) is 13.8. The van der Waals surface area contributed by atoms with Gasteiger partial charge in [0, 0.05) is 12.1 Å². The molecule has 4 N–H and O–H groups in total. The van der Waals surface area contributed by atoms with Crippen LogP contribution in [0.4, 0.5) is 0 Å². The Balaban J connectivity index is 2.14. The van der Waals surface area contributed by atoms with Gasteiger partial charge in [0.15, 0.2) is 5.82 Å². The summed E-state index contributed by atoms with van der Waals surface area (Å²) >= 11 is 4.94. The molecule has 0 saturated carbocycles. The van der Waals surface area contributed by atoms with Crippen molar-refractivity contribution >= 4 is 12.2 Å². The Labute approximate surface area is 97.8 Å². The van der Waals surface area contributed by atoms with E-state index in [4.69, 9.17) is 18.1 Å². The van der Waals surface area contributed by atoms with Crippen molar-refractivity contribution < 1.29 is 0 Å². The SMILES string of the molecule is Cc1n[nH]c(C)c1CCc1n[nH]c(=S)n1N. The standard InChI is InChI=1S/C9H14N6S/c1-5-7(6(2)12-11-5)3-4-8-13-14-9(16)15(8)10/h3-4,10H2,1-2H3,(H,11,12)(H,14,16). The first kappa shape index (κ1) is 10.9. The molecule has 0 fully saturated rings. The van der Waals surface area contributed by atoms with Crippen LogP contribution in [0.1, 0.15) is 22.8 Å². The van der Waals surface area contributed by atoms with Crippen LogP contribution < -0.4 is 5.84 Å². The third-order valence-corrected chi connectivity index (χ3v) is 2.94. The molecule has 0 saturated heterocycles. The van der Waals surface area contributed by atoms with E-state index in [-0.39, 0.29) is 0 Å². The second-order valence-corrected chi connectivity index (χ2v) is 4.11. The third kappa shape index (κ3) is 1.85. The van der Waals surface area contributed by atoms with Gasteiger partial charge in [0.05, 0.1) is 5.69 Å². The lowest BCUT2D eigenvalue weighted by atomic mass is 10.1. The van der Waals surface area contributed by atoms with Gasteiger partial charge in [0.1, 0.15) is 0 Å². The van der Waals surface area contributed by atoms with Crippen LogP contribution in [0.5, 0.6) is 0 Å². The second-order valence-electron chi connectivity index (χ2n) is 3.73. The van der Waals surface area contributed by atoms with Crippen LogP contribution in [-0.4, -0.2) is 25.1 Å². The number of H-pyrrole nitrogens is 2. The van der Waals surface area contributed by atoms with Crippen molar-refractivity contribution in [3.8, 4) is 0 Å². The van der Waals surface area contributed by atoms with E-state index in [1.54, 1.807) is 0 Å². The molecule has 2 aromatic rings. The number of nitrogen functional groups attached to an aromatic ring is 1. The molecule has 0 unspecified atom stereocenters. The van der Waals surface area contributed by atoms with Gasteiger partial charge in [-0.3, -0.25) is 10.2 Å². The number of nitrogens with two attached hydrogens (primary N) is 1. The monoisotopic (exact) mass is 238 g/mol. The zero-order valence-electron chi connectivity index (χ0n) is 9.24. The summed E-state index contributed by atoms with van der Waals surface area (Å²) in [5.74, 6) is 6.47. The molecule has 0 amide bonds. The minimum Gasteiger partial charge on any atom is -0.335 e. The van der Waals surface area contributed by atoms with Gasteiger partial charge < -0.3 is 5.84 Å². The number of rotatable bonds is 3. The summed E-state index contributed by atoms with van der Waals surface area (Å²) in [6, 6.07) is 0. The lowest BCUT2D eigenvalue weighted by molar-refractivity contribution is 0.794. The van der Waals surface area contributed by atoms with E-state index in [0.29, 0.717) is 4.77 Å². The molecule has 0 spiro atoms. The summed E-state index contributed by atoms with van der Waals surface area (Å²) in [4.78, 5) is 0. The fourth-order valence-corrected chi connectivity index (χ4v) is 1.84. The van der Waals surface area contributed by atoms with Gasteiger partial charge in [-0.1, -0.05) is 0 Å². The molecular formula is C9H14N6S. The van der Waals surface area contributed by atoms with Crippen molar-refractivity contribution in [3.63, 3.8) is 0 Å². The maximum absolute atomic E-state index is 5.71. The fraction of sp³-hybridized carbons (Fsp3) is 0.444. The average Bonchev–Trinajstić information content (AvgIpc) is 2.73. The number of aryl methyl sites for hydroxylation is 3. The molecule has 7 heteroatoms. The normalized spacial score (nSPS) is 10.9. The van der Waals surface area contributed by atoms with Crippen LogP contribution in [0.15, 0.2) is 0 Å². The van der Waals surface area contributed by atoms with Crippen LogP contribution in [-0.2, 0) is 12.8 Å². The smallest absolute Gasteiger partial charge is 0.214 e. The van der Waals surface area contributed by atoms with Gasteiger partial charge in [-0.15, -0.1) is 0 Å². The quantitative estimate of drug-likeness (QED) is 0.544. The Morgan fingerprint density at radius 2 is 2.00 bits per heavy atom. The van der Waals surface area contributed by atoms with Crippen molar-refractivity contribution in [2.24, 2.45) is 0 Å². The number of hydrogen-bond acceptors (Lipinski definition) is 4. The molecule has 0 atom stereocenters. The highest BCUT2D eigenvalue weighted by Gasteiger charge is 2.09. The van der Waals surface area contributed by atoms with Gasteiger partial charge >= 0.3 is 0 Å². The maximum atomic E-state index is 5.71. The Bertz CT molecular complexity index is 529. The minimum absolute atomic E-state index is 0.440. The highest BCUT2D eigenvalue weighted by Crippen LogP contribution is 2.11. The lowest BCUT2D eigenvalue weighted by Crippen LogP contribution is -2.13. The molecule has 2 aromatic heterocycles. The Kier molecular flexibility index (Phi) is 2.78. The van der Waals surface area contributed by atoms with Crippen molar-refractivity contribution in [2.75, 3.05) is 5.84 Å². The van der Waals surface area contributed by atoms with E-state index in [9.17, 15) is 0 Å². The summed E-state index contributed by atoms with van der Waals surface area (Å²) in [6.45, 7) is 3.99. The highest BCUT2D eigenvalue weighted by molar-refractivity contribution is 7.71. The number of aromatic amines is 2. The number of nitrogens with one attached hydrogen (secondary N) is 2. The van der Waals surface area contributed by atoms with Gasteiger partial charge in [-0.25, -0.2) is 4.68 Å². The summed E-state index contributed by atoms with van der Waals surface area (Å²) in [6.07, 6.45) is 1.59. The van der Waals surface area contributed by atoms with Crippen molar-refractivity contribution in [3.05, 3.63) is 27.5 Å². The van der Waals surface area contributed by atoms with E-state index in [1.807, 2.05) is 13.8 Å². The van der Waals surface area contributed by atoms with Crippen LogP contribution in [0.25, 0.3) is 0 Å². The zero-order valence-corrected chi connectivity index (χ0v) is 10.1. The van der Waals surface area contributed by atoms with Gasteiger partial charge in [0.25, 0.3) is 0 Å². The van der Waals surface area contributed by atoms with Crippen molar-refractivity contribution in [1.82, 2.24) is 25.1 Å². The fourth-order valence-electron chi connectivity index (χ4n) is 1.69. The van der Waals surface area contributed by atoms with Crippen LogP contribution in [0.3, 0.4) is 0 Å². The largest absolute Gasteiger partial charge is 0.335 e. The molecule has 0 aliphatic heterocycles. The maximum Gasteiger partial charge on any atom is 0.214 e. The first-order chi connectivity index (χ1) is 7.59. The first-order valence-corrected chi connectivity index (χ1v) is 5.42. The molecule has 6 nitrogen and oxygen atoms in total. The number of hydrogen-bond donors (Lipinski definition) is 3. The van der Waals surface area contributed by atoms with Crippen molar-refractivity contribution in [1.29, 1.82) is 0 Å². The molecule has 2 rings (SSSR count). The summed E-state index contributed by atoms with van der Waals surface area (Å²) in [5.41, 5.74) is 3.33. The van der Waals surface area contributed by atoms with E-state index < -0.39 is 0 Å². The first-order valence-electron chi connectivity index (χ1n) is 5.01. The van der Waals surface area contributed by atoms with Gasteiger partial charge in [-0.2, -0.15) is 10.2 Å². The lowest BCUT2D eigenvalue weighted by Gasteiger charge is -2.01. The molecule has 2 heterocycles. The number of nitrogens with zero attached hydrogens (tertiary/aromatic N) is 3. The van der Waals surface area contributed by atoms with Gasteiger partial charge in [-0.05, 0) is 38.0 Å². The Hall–Kier alpha value is -1.63. The van der Waals surface area contributed by atoms with E-state index in [2.05, 4.69) is 20.4 Å². The minimum atomic E-state index is 0.440. The molecule has 0 radical (unpaired) electrons. The predicted molar refractivity (Wildman–Crippen MR) is 63.0 cm³/mol. The summed E-state index contributed by atoms with van der Waals surface area (Å²) < 4.78 is 1.84. The van der Waals surface area contributed by atoms with E-state index in [1.165, 1.54) is 10.2 Å². The Morgan fingerprint density at radius 1 is 1.25 bits per heavy atom. The molecule has 0 aliphatic rings. The average molecular weight is 238 g/mol. The summed E-state index contributed by atoms with van der Waals surface area (Å²) in [7, 11) is 0. The van der Waals surface area contributed by atoms with Crippen LogP contribution in [0.2, 0.25) is 0 Å². The molecule has 0 bridgehead atoms. The Morgan fingerprint density at radius 3 is 2.50 bits per heavy atom. The highest BCUT2D eigenvalue weighted by atomic mass is 32.1. The van der Waals surface area contributed by atoms with Crippen molar-refractivity contribution in [2.45, 2.75) is 26.7 Å². The van der Waals surface area contributed by atoms with Crippen LogP contribution in [0, 0.1) is 18.6 Å². The third-order valence-electron chi connectivity index (χ3n) is 2.66. The number of aromatic nitrogens is 5. The van der Waals surface area contributed by atoms with E-state index in [0.717, 1.165) is 30.1 Å². The molecule has 86 valence electrons. The molecule has 16 heavy (non-hydrogen) atoms. The molecular weight excluding hydrogens is 224 g/mol. The topological polar surface area (TPSA) is 88.3 Å². The predicted octanol–water partition coefficient (Wildman–Crippen LogP) is 0.780. The van der Waals surface area contributed by atoms with Crippen LogP contribution >= 0.6 is 12.2 Å². The zero-order chi connectivity index (χ0) is 11.7. The molecule has 0 aliphatic carbocycles. The molecule has 0 aromatic carbocycles. The second kappa shape index (κ2) is 4.09.